The zero-order chi connectivity index (χ0) is 18.7. The molecule has 3 rings (SSSR count). The Hall–Kier alpha value is -2.69. The van der Waals surface area contributed by atoms with Crippen LogP contribution in [0.5, 0.6) is 17.2 Å². The number of aromatic hydroxyl groups is 1. The third-order valence-corrected chi connectivity index (χ3v) is 5.00. The van der Waals surface area contributed by atoms with Gasteiger partial charge in [0.25, 0.3) is 0 Å². The van der Waals surface area contributed by atoms with Crippen LogP contribution in [-0.4, -0.2) is 36.7 Å². The van der Waals surface area contributed by atoms with E-state index in [2.05, 4.69) is 12.1 Å². The molecule has 1 unspecified atom stereocenters. The van der Waals surface area contributed by atoms with E-state index in [9.17, 15) is 9.90 Å². The van der Waals surface area contributed by atoms with Crippen molar-refractivity contribution in [2.24, 2.45) is 0 Å². The summed E-state index contributed by atoms with van der Waals surface area (Å²) in [4.78, 5) is 14.5. The number of nitrogens with zero attached hydrogens (tertiary/aromatic N) is 1. The predicted molar refractivity (Wildman–Crippen MR) is 99.8 cm³/mol. The maximum Gasteiger partial charge on any atom is 0.222 e. The fraction of sp³-hybridized carbons (Fsp3) is 0.381. The van der Waals surface area contributed by atoms with Crippen molar-refractivity contribution in [1.29, 1.82) is 0 Å². The van der Waals surface area contributed by atoms with Crippen LogP contribution in [0.25, 0.3) is 0 Å². The molecule has 26 heavy (non-hydrogen) atoms. The molecule has 1 amide bonds. The Kier molecular flexibility index (Phi) is 5.35. The van der Waals surface area contributed by atoms with Crippen LogP contribution in [0.1, 0.15) is 36.1 Å². The summed E-state index contributed by atoms with van der Waals surface area (Å²) in [5.74, 6) is 1.54. The van der Waals surface area contributed by atoms with E-state index in [1.165, 1.54) is 12.7 Å². The summed E-state index contributed by atoms with van der Waals surface area (Å²) in [6.45, 7) is 2.59. The van der Waals surface area contributed by atoms with Gasteiger partial charge in [-0.25, -0.2) is 0 Å². The van der Waals surface area contributed by atoms with E-state index in [0.29, 0.717) is 25.1 Å². The van der Waals surface area contributed by atoms with Gasteiger partial charge in [0.1, 0.15) is 5.75 Å². The summed E-state index contributed by atoms with van der Waals surface area (Å²) in [5.41, 5.74) is 3.33. The first-order valence-corrected chi connectivity index (χ1v) is 8.89. The second-order valence-electron chi connectivity index (χ2n) is 6.48. The van der Waals surface area contributed by atoms with Gasteiger partial charge in [-0.2, -0.15) is 0 Å². The van der Waals surface area contributed by atoms with Crippen molar-refractivity contribution in [3.63, 3.8) is 0 Å². The van der Waals surface area contributed by atoms with E-state index >= 15 is 0 Å². The normalized spacial score (nSPS) is 16.1. The molecule has 5 nitrogen and oxygen atoms in total. The van der Waals surface area contributed by atoms with Gasteiger partial charge in [-0.15, -0.1) is 0 Å². The summed E-state index contributed by atoms with van der Waals surface area (Å²) in [5, 5.41) is 10.1. The van der Waals surface area contributed by atoms with Crippen molar-refractivity contribution >= 4 is 5.91 Å². The average molecular weight is 355 g/mol. The first-order chi connectivity index (χ1) is 12.6. The molecular weight excluding hydrogens is 330 g/mol. The fourth-order valence-corrected chi connectivity index (χ4v) is 3.62. The number of hydrogen-bond donors (Lipinski definition) is 1. The maximum absolute atomic E-state index is 12.5. The smallest absolute Gasteiger partial charge is 0.222 e. The van der Waals surface area contributed by atoms with Gasteiger partial charge in [0.15, 0.2) is 11.5 Å². The Labute approximate surface area is 154 Å². The number of methoxy groups -OCH3 is 2. The first-order valence-electron chi connectivity index (χ1n) is 8.89. The molecule has 0 bridgehead atoms. The minimum atomic E-state index is -0.0510. The number of amides is 1. The Morgan fingerprint density at radius 1 is 1.19 bits per heavy atom. The number of carbonyl (C=O) groups excluding carboxylic acids is 1. The summed E-state index contributed by atoms with van der Waals surface area (Å²) in [7, 11) is 3.19. The number of hydrogen-bond acceptors (Lipinski definition) is 4. The van der Waals surface area contributed by atoms with Crippen LogP contribution < -0.4 is 9.47 Å². The number of ether oxygens (including phenoxy) is 2. The Bertz CT molecular complexity index is 803. The van der Waals surface area contributed by atoms with Gasteiger partial charge >= 0.3 is 0 Å². The number of carbonyl (C=O) groups is 1. The van der Waals surface area contributed by atoms with Gasteiger partial charge in [-0.05, 0) is 53.8 Å². The van der Waals surface area contributed by atoms with Crippen LogP contribution in [-0.2, 0) is 17.6 Å². The third-order valence-electron chi connectivity index (χ3n) is 5.00. The zero-order valence-corrected chi connectivity index (χ0v) is 15.5. The topological polar surface area (TPSA) is 59.0 Å². The van der Waals surface area contributed by atoms with Crippen molar-refractivity contribution < 1.29 is 19.4 Å². The molecule has 2 aromatic carbocycles. The first kappa shape index (κ1) is 18.1. The van der Waals surface area contributed by atoms with Gasteiger partial charge in [0.05, 0.1) is 20.3 Å². The molecule has 0 radical (unpaired) electrons. The summed E-state index contributed by atoms with van der Waals surface area (Å²) >= 11 is 0. The standard InChI is InChI=1S/C21H25NO4/c1-4-21(24)22-10-9-15-13-16(25-2)6-7-17(15)18(22)11-14-5-8-20(26-3)19(23)12-14/h5-8,12-13,18,23H,4,9-11H2,1-3H3. The van der Waals surface area contributed by atoms with Crippen molar-refractivity contribution in [3.05, 3.63) is 53.1 Å². The summed E-state index contributed by atoms with van der Waals surface area (Å²) < 4.78 is 10.5. The van der Waals surface area contributed by atoms with Gasteiger partial charge in [0.2, 0.25) is 5.91 Å². The molecule has 138 valence electrons. The molecule has 0 aliphatic carbocycles. The molecule has 0 aromatic heterocycles. The second kappa shape index (κ2) is 7.68. The van der Waals surface area contributed by atoms with Crippen LogP contribution in [0.15, 0.2) is 36.4 Å². The van der Waals surface area contributed by atoms with Gasteiger partial charge in [-0.1, -0.05) is 19.1 Å². The number of benzene rings is 2. The van der Waals surface area contributed by atoms with E-state index in [-0.39, 0.29) is 17.7 Å². The average Bonchev–Trinajstić information content (AvgIpc) is 2.67. The highest BCUT2D eigenvalue weighted by Gasteiger charge is 2.30. The van der Waals surface area contributed by atoms with Crippen LogP contribution in [0.3, 0.4) is 0 Å². The predicted octanol–water partition coefficient (Wildman–Crippen LogP) is 3.49. The quantitative estimate of drug-likeness (QED) is 0.892. The van der Waals surface area contributed by atoms with Crippen LogP contribution in [0, 0.1) is 0 Å². The molecule has 1 atom stereocenters. The van der Waals surface area contributed by atoms with E-state index in [1.807, 2.05) is 24.0 Å². The molecule has 1 N–H and O–H groups in total. The van der Waals surface area contributed by atoms with E-state index in [0.717, 1.165) is 23.3 Å². The molecule has 1 aliphatic heterocycles. The Morgan fingerprint density at radius 2 is 2.00 bits per heavy atom. The van der Waals surface area contributed by atoms with E-state index in [4.69, 9.17) is 9.47 Å². The monoisotopic (exact) mass is 355 g/mol. The number of rotatable bonds is 5. The maximum atomic E-state index is 12.5. The highest BCUT2D eigenvalue weighted by Crippen LogP contribution is 2.36. The van der Waals surface area contributed by atoms with Gasteiger partial charge < -0.3 is 19.5 Å². The highest BCUT2D eigenvalue weighted by atomic mass is 16.5. The van der Waals surface area contributed by atoms with Crippen molar-refractivity contribution in [2.75, 3.05) is 20.8 Å². The lowest BCUT2D eigenvalue weighted by Gasteiger charge is -2.37. The molecule has 0 saturated heterocycles. The number of fused-ring (bicyclic) bond motifs is 1. The summed E-state index contributed by atoms with van der Waals surface area (Å²) in [6, 6.07) is 11.4. The van der Waals surface area contributed by atoms with Crippen LogP contribution in [0.2, 0.25) is 0 Å². The molecule has 0 fully saturated rings. The second-order valence-corrected chi connectivity index (χ2v) is 6.48. The summed E-state index contributed by atoms with van der Waals surface area (Å²) in [6.07, 6.45) is 1.95. The molecule has 1 aliphatic rings. The molecule has 1 heterocycles. The zero-order valence-electron chi connectivity index (χ0n) is 15.5. The lowest BCUT2D eigenvalue weighted by atomic mass is 9.88. The number of phenolic OH excluding ortho intramolecular Hbond substituents is 1. The van der Waals surface area contributed by atoms with Crippen LogP contribution >= 0.6 is 0 Å². The Morgan fingerprint density at radius 3 is 2.65 bits per heavy atom. The van der Waals surface area contributed by atoms with E-state index in [1.54, 1.807) is 19.2 Å². The largest absolute Gasteiger partial charge is 0.504 e. The molecule has 2 aromatic rings. The molecule has 0 saturated carbocycles. The van der Waals surface area contributed by atoms with Crippen molar-refractivity contribution in [3.8, 4) is 17.2 Å². The van der Waals surface area contributed by atoms with Crippen molar-refractivity contribution in [1.82, 2.24) is 4.90 Å². The SMILES string of the molecule is CCC(=O)N1CCc2cc(OC)ccc2C1Cc1ccc(OC)c(O)c1. The van der Waals surface area contributed by atoms with Crippen LogP contribution in [0.4, 0.5) is 0 Å². The highest BCUT2D eigenvalue weighted by molar-refractivity contribution is 5.77. The van der Waals surface area contributed by atoms with Crippen molar-refractivity contribution in [2.45, 2.75) is 32.2 Å². The third kappa shape index (κ3) is 3.47. The van der Waals surface area contributed by atoms with Gasteiger partial charge in [0, 0.05) is 13.0 Å². The lowest BCUT2D eigenvalue weighted by molar-refractivity contribution is -0.133. The Balaban J connectivity index is 1.97. The number of phenols is 1. The van der Waals surface area contributed by atoms with E-state index < -0.39 is 0 Å². The molecule has 0 spiro atoms. The minimum absolute atomic E-state index is 0.0510. The molecule has 5 heteroatoms. The fourth-order valence-electron chi connectivity index (χ4n) is 3.62. The minimum Gasteiger partial charge on any atom is -0.504 e. The lowest BCUT2D eigenvalue weighted by Crippen LogP contribution is -2.40. The molecular formula is C21H25NO4. The van der Waals surface area contributed by atoms with Gasteiger partial charge in [-0.3, -0.25) is 4.79 Å².